The Morgan fingerprint density at radius 1 is 1.12 bits per heavy atom. The molecule has 0 aromatic carbocycles. The SMILES string of the molecule is CCCNC(CC)CSCCN(CC)CC. The first-order chi connectivity index (χ1) is 7.78. The van der Waals surface area contributed by atoms with Gasteiger partial charge in [-0.2, -0.15) is 11.8 Å². The quantitative estimate of drug-likeness (QED) is 0.564. The van der Waals surface area contributed by atoms with Gasteiger partial charge in [0.2, 0.25) is 0 Å². The topological polar surface area (TPSA) is 15.3 Å². The number of nitrogens with one attached hydrogen (secondary N) is 1. The van der Waals surface area contributed by atoms with E-state index in [4.69, 9.17) is 0 Å². The van der Waals surface area contributed by atoms with Crippen LogP contribution in [0.4, 0.5) is 0 Å². The first kappa shape index (κ1) is 16.3. The molecule has 0 aromatic rings. The predicted octanol–water partition coefficient (Wildman–Crippen LogP) is 2.84. The van der Waals surface area contributed by atoms with E-state index in [2.05, 4.69) is 49.7 Å². The van der Waals surface area contributed by atoms with Gasteiger partial charge >= 0.3 is 0 Å². The summed E-state index contributed by atoms with van der Waals surface area (Å²) in [7, 11) is 0. The first-order valence-electron chi connectivity index (χ1n) is 6.81. The summed E-state index contributed by atoms with van der Waals surface area (Å²) in [6, 6.07) is 0.710. The van der Waals surface area contributed by atoms with E-state index in [1.54, 1.807) is 0 Å². The van der Waals surface area contributed by atoms with Crippen molar-refractivity contribution in [3.63, 3.8) is 0 Å². The third kappa shape index (κ3) is 8.43. The molecule has 1 N–H and O–H groups in total. The van der Waals surface area contributed by atoms with Gasteiger partial charge in [0, 0.05) is 24.1 Å². The molecule has 0 aromatic heterocycles. The normalized spacial score (nSPS) is 13.3. The number of hydrogen-bond donors (Lipinski definition) is 1. The number of thioether (sulfide) groups is 1. The van der Waals surface area contributed by atoms with E-state index in [0.717, 1.165) is 6.54 Å². The monoisotopic (exact) mass is 246 g/mol. The van der Waals surface area contributed by atoms with E-state index in [-0.39, 0.29) is 0 Å². The Bertz CT molecular complexity index is 138. The van der Waals surface area contributed by atoms with Crippen LogP contribution in [0.15, 0.2) is 0 Å². The Labute approximate surface area is 107 Å². The van der Waals surface area contributed by atoms with Crippen molar-refractivity contribution in [2.24, 2.45) is 0 Å². The highest BCUT2D eigenvalue weighted by Crippen LogP contribution is 2.06. The van der Waals surface area contributed by atoms with Crippen LogP contribution in [0.5, 0.6) is 0 Å². The van der Waals surface area contributed by atoms with Crippen LogP contribution >= 0.6 is 11.8 Å². The molecule has 2 nitrogen and oxygen atoms in total. The van der Waals surface area contributed by atoms with Crippen molar-refractivity contribution in [3.05, 3.63) is 0 Å². The fraction of sp³-hybridized carbons (Fsp3) is 1.00. The maximum Gasteiger partial charge on any atom is 0.0155 e. The molecule has 1 atom stereocenters. The van der Waals surface area contributed by atoms with Crippen molar-refractivity contribution in [2.75, 3.05) is 37.7 Å². The highest BCUT2D eigenvalue weighted by Gasteiger charge is 2.05. The van der Waals surface area contributed by atoms with Crippen molar-refractivity contribution >= 4 is 11.8 Å². The van der Waals surface area contributed by atoms with Crippen molar-refractivity contribution in [1.29, 1.82) is 0 Å². The molecular formula is C13H30N2S. The zero-order valence-corrected chi connectivity index (χ0v) is 12.4. The molecule has 0 saturated heterocycles. The second-order valence-electron chi connectivity index (χ2n) is 4.16. The van der Waals surface area contributed by atoms with E-state index in [1.165, 1.54) is 44.0 Å². The molecule has 1 unspecified atom stereocenters. The summed E-state index contributed by atoms with van der Waals surface area (Å²) >= 11 is 2.09. The smallest absolute Gasteiger partial charge is 0.0155 e. The third-order valence-corrected chi connectivity index (χ3v) is 4.05. The lowest BCUT2D eigenvalue weighted by Crippen LogP contribution is -2.32. The molecule has 0 spiro atoms. The molecule has 0 aliphatic rings. The van der Waals surface area contributed by atoms with Crippen LogP contribution in [0, 0.1) is 0 Å². The van der Waals surface area contributed by atoms with E-state index < -0.39 is 0 Å². The van der Waals surface area contributed by atoms with Crippen LogP contribution in [0.3, 0.4) is 0 Å². The summed E-state index contributed by atoms with van der Waals surface area (Å²) < 4.78 is 0. The van der Waals surface area contributed by atoms with Crippen molar-refractivity contribution in [2.45, 2.75) is 46.6 Å². The Kier molecular flexibility index (Phi) is 11.9. The maximum atomic E-state index is 3.60. The standard InChI is InChI=1S/C13H30N2S/c1-5-9-14-13(6-2)12-16-11-10-15(7-3)8-4/h13-14H,5-12H2,1-4H3. The average Bonchev–Trinajstić information content (AvgIpc) is 2.33. The molecule has 16 heavy (non-hydrogen) atoms. The van der Waals surface area contributed by atoms with Gasteiger partial charge in [0.15, 0.2) is 0 Å². The maximum absolute atomic E-state index is 3.60. The van der Waals surface area contributed by atoms with E-state index in [9.17, 15) is 0 Å². The van der Waals surface area contributed by atoms with Gasteiger partial charge in [0.05, 0.1) is 0 Å². The van der Waals surface area contributed by atoms with Crippen molar-refractivity contribution in [3.8, 4) is 0 Å². The predicted molar refractivity (Wildman–Crippen MR) is 77.5 cm³/mol. The Balaban J connectivity index is 3.46. The number of nitrogens with zero attached hydrogens (tertiary/aromatic N) is 1. The van der Waals surface area contributed by atoms with Gasteiger partial charge in [-0.3, -0.25) is 0 Å². The Morgan fingerprint density at radius 3 is 2.31 bits per heavy atom. The van der Waals surface area contributed by atoms with Crippen LogP contribution in [0.2, 0.25) is 0 Å². The second kappa shape index (κ2) is 11.7. The molecule has 0 bridgehead atoms. The Hall–Kier alpha value is 0.270. The molecule has 0 fully saturated rings. The second-order valence-corrected chi connectivity index (χ2v) is 5.31. The largest absolute Gasteiger partial charge is 0.313 e. The molecule has 0 aliphatic heterocycles. The van der Waals surface area contributed by atoms with Crippen LogP contribution in [0.25, 0.3) is 0 Å². The van der Waals surface area contributed by atoms with Gasteiger partial charge in [0.1, 0.15) is 0 Å². The van der Waals surface area contributed by atoms with E-state index in [0.29, 0.717) is 6.04 Å². The highest BCUT2D eigenvalue weighted by atomic mass is 32.2. The molecule has 0 saturated carbocycles. The van der Waals surface area contributed by atoms with Crippen LogP contribution in [-0.2, 0) is 0 Å². The van der Waals surface area contributed by atoms with Crippen LogP contribution in [-0.4, -0.2) is 48.6 Å². The van der Waals surface area contributed by atoms with Crippen LogP contribution in [0.1, 0.15) is 40.5 Å². The van der Waals surface area contributed by atoms with Crippen molar-refractivity contribution < 1.29 is 0 Å². The fourth-order valence-electron chi connectivity index (χ4n) is 1.63. The number of rotatable bonds is 11. The molecule has 0 aliphatic carbocycles. The van der Waals surface area contributed by atoms with E-state index >= 15 is 0 Å². The molecule has 0 radical (unpaired) electrons. The van der Waals surface area contributed by atoms with Crippen LogP contribution < -0.4 is 5.32 Å². The third-order valence-electron chi connectivity index (χ3n) is 2.94. The summed E-state index contributed by atoms with van der Waals surface area (Å²) in [5, 5.41) is 3.60. The lowest BCUT2D eigenvalue weighted by Gasteiger charge is -2.19. The van der Waals surface area contributed by atoms with Gasteiger partial charge in [-0.25, -0.2) is 0 Å². The first-order valence-corrected chi connectivity index (χ1v) is 7.97. The molecule has 0 rings (SSSR count). The zero-order chi connectivity index (χ0) is 12.2. The average molecular weight is 246 g/mol. The summed E-state index contributed by atoms with van der Waals surface area (Å²) in [4.78, 5) is 2.49. The molecular weight excluding hydrogens is 216 g/mol. The molecule has 0 heterocycles. The summed E-state index contributed by atoms with van der Waals surface area (Å²) in [5.74, 6) is 2.53. The van der Waals surface area contributed by atoms with Gasteiger partial charge < -0.3 is 10.2 Å². The van der Waals surface area contributed by atoms with Gasteiger partial charge in [-0.05, 0) is 32.5 Å². The molecule has 98 valence electrons. The summed E-state index contributed by atoms with van der Waals surface area (Å²) in [6.45, 7) is 13.8. The minimum atomic E-state index is 0.710. The lowest BCUT2D eigenvalue weighted by molar-refractivity contribution is 0.324. The number of hydrogen-bond acceptors (Lipinski definition) is 3. The van der Waals surface area contributed by atoms with Gasteiger partial charge in [0.25, 0.3) is 0 Å². The van der Waals surface area contributed by atoms with Gasteiger partial charge in [-0.15, -0.1) is 0 Å². The minimum absolute atomic E-state index is 0.710. The lowest BCUT2D eigenvalue weighted by atomic mass is 10.2. The summed E-state index contributed by atoms with van der Waals surface area (Å²) in [6.07, 6.45) is 2.49. The Morgan fingerprint density at radius 2 is 1.81 bits per heavy atom. The highest BCUT2D eigenvalue weighted by molar-refractivity contribution is 7.99. The zero-order valence-electron chi connectivity index (χ0n) is 11.6. The summed E-state index contributed by atoms with van der Waals surface area (Å²) in [5.41, 5.74) is 0. The minimum Gasteiger partial charge on any atom is -0.313 e. The van der Waals surface area contributed by atoms with E-state index in [1.807, 2.05) is 0 Å². The molecule has 0 amide bonds. The fourth-order valence-corrected chi connectivity index (χ4v) is 2.82. The molecule has 3 heteroatoms. The van der Waals surface area contributed by atoms with Crippen molar-refractivity contribution in [1.82, 2.24) is 10.2 Å². The van der Waals surface area contributed by atoms with Gasteiger partial charge in [-0.1, -0.05) is 27.7 Å².